The Morgan fingerprint density at radius 3 is 2.45 bits per heavy atom. The third-order valence-corrected chi connectivity index (χ3v) is 3.20. The van der Waals surface area contributed by atoms with E-state index in [0.717, 1.165) is 16.9 Å². The summed E-state index contributed by atoms with van der Waals surface area (Å²) in [6, 6.07) is 13.0. The second-order valence-electron chi connectivity index (χ2n) is 4.99. The molecule has 0 aliphatic heterocycles. The zero-order valence-electron chi connectivity index (χ0n) is 13.1. The summed E-state index contributed by atoms with van der Waals surface area (Å²) in [6.07, 6.45) is 0.172. The Morgan fingerprint density at radius 2 is 1.73 bits per heavy atom. The summed E-state index contributed by atoms with van der Waals surface area (Å²) in [5, 5.41) is 0. The molecule has 4 heteroatoms. The van der Waals surface area contributed by atoms with Crippen LogP contribution in [0.3, 0.4) is 0 Å². The molecule has 0 aromatic heterocycles. The van der Waals surface area contributed by atoms with E-state index in [2.05, 4.69) is 0 Å². The van der Waals surface area contributed by atoms with Crippen LogP contribution in [-0.2, 0) is 4.79 Å². The van der Waals surface area contributed by atoms with Gasteiger partial charge in [-0.25, -0.2) is 0 Å². The van der Waals surface area contributed by atoms with Crippen LogP contribution >= 0.6 is 0 Å². The van der Waals surface area contributed by atoms with Crippen LogP contribution in [0.1, 0.15) is 17.5 Å². The minimum absolute atomic E-state index is 0.172. The van der Waals surface area contributed by atoms with Crippen LogP contribution in [0.25, 0.3) is 0 Å². The molecule has 0 unspecified atom stereocenters. The number of para-hydroxylation sites is 2. The molecule has 4 nitrogen and oxygen atoms in total. The SMILES string of the molecule is COc1ccccc1OC(=O)CCOc1cc(C)ccc1C. The van der Waals surface area contributed by atoms with Gasteiger partial charge < -0.3 is 14.2 Å². The molecule has 0 saturated heterocycles. The van der Waals surface area contributed by atoms with Gasteiger partial charge in [0.15, 0.2) is 11.5 Å². The van der Waals surface area contributed by atoms with Crippen molar-refractivity contribution in [1.82, 2.24) is 0 Å². The summed E-state index contributed by atoms with van der Waals surface area (Å²) in [4.78, 5) is 11.9. The first-order chi connectivity index (χ1) is 10.6. The van der Waals surface area contributed by atoms with E-state index < -0.39 is 0 Å². The summed E-state index contributed by atoms with van der Waals surface area (Å²) >= 11 is 0. The van der Waals surface area contributed by atoms with Crippen LogP contribution in [-0.4, -0.2) is 19.7 Å². The number of hydrogen-bond donors (Lipinski definition) is 0. The molecule has 2 aromatic carbocycles. The number of esters is 1. The lowest BCUT2D eigenvalue weighted by molar-refractivity contribution is -0.135. The number of methoxy groups -OCH3 is 1. The van der Waals surface area contributed by atoms with Gasteiger partial charge in [0.25, 0.3) is 0 Å². The molecule has 22 heavy (non-hydrogen) atoms. The predicted octanol–water partition coefficient (Wildman–Crippen LogP) is 3.69. The third-order valence-electron chi connectivity index (χ3n) is 3.20. The number of carbonyl (C=O) groups excluding carboxylic acids is 1. The molecular weight excluding hydrogens is 280 g/mol. The quantitative estimate of drug-likeness (QED) is 0.603. The highest BCUT2D eigenvalue weighted by molar-refractivity contribution is 5.73. The maximum Gasteiger partial charge on any atom is 0.314 e. The Kier molecular flexibility index (Phi) is 5.42. The molecule has 0 aliphatic rings. The van der Waals surface area contributed by atoms with Crippen LogP contribution in [0.2, 0.25) is 0 Å². The van der Waals surface area contributed by atoms with Crippen LogP contribution in [0.5, 0.6) is 17.2 Å². The van der Waals surface area contributed by atoms with Crippen molar-refractivity contribution >= 4 is 5.97 Å². The maximum atomic E-state index is 11.9. The Morgan fingerprint density at radius 1 is 1.00 bits per heavy atom. The van der Waals surface area contributed by atoms with Gasteiger partial charge in [-0.3, -0.25) is 4.79 Å². The van der Waals surface area contributed by atoms with Gasteiger partial charge in [-0.15, -0.1) is 0 Å². The fourth-order valence-corrected chi connectivity index (χ4v) is 1.98. The topological polar surface area (TPSA) is 44.8 Å². The Hall–Kier alpha value is -2.49. The van der Waals surface area contributed by atoms with Gasteiger partial charge >= 0.3 is 5.97 Å². The average Bonchev–Trinajstić information content (AvgIpc) is 2.51. The van der Waals surface area contributed by atoms with Crippen LogP contribution < -0.4 is 14.2 Å². The summed E-state index contributed by atoms with van der Waals surface area (Å²) in [7, 11) is 1.54. The summed E-state index contributed by atoms with van der Waals surface area (Å²) in [6.45, 7) is 4.25. The van der Waals surface area contributed by atoms with Gasteiger partial charge in [0.2, 0.25) is 0 Å². The molecule has 0 radical (unpaired) electrons. The minimum atomic E-state index is -0.352. The summed E-state index contributed by atoms with van der Waals surface area (Å²) in [5.74, 6) is 1.40. The molecule has 116 valence electrons. The number of aryl methyl sites for hydroxylation is 2. The van der Waals surface area contributed by atoms with Crippen molar-refractivity contribution in [2.45, 2.75) is 20.3 Å². The summed E-state index contributed by atoms with van der Waals surface area (Å²) < 4.78 is 16.1. The van der Waals surface area contributed by atoms with Crippen molar-refractivity contribution in [3.8, 4) is 17.2 Å². The van der Waals surface area contributed by atoms with E-state index in [4.69, 9.17) is 14.2 Å². The maximum absolute atomic E-state index is 11.9. The average molecular weight is 300 g/mol. The molecule has 0 bridgehead atoms. The molecule has 0 amide bonds. The monoisotopic (exact) mass is 300 g/mol. The number of carbonyl (C=O) groups is 1. The van der Waals surface area contributed by atoms with Gasteiger partial charge in [-0.05, 0) is 43.2 Å². The second-order valence-corrected chi connectivity index (χ2v) is 4.99. The molecule has 0 aliphatic carbocycles. The first kappa shape index (κ1) is 15.9. The molecular formula is C18H20O4. The Labute approximate surface area is 130 Å². The lowest BCUT2D eigenvalue weighted by Crippen LogP contribution is -2.13. The van der Waals surface area contributed by atoms with E-state index >= 15 is 0 Å². The van der Waals surface area contributed by atoms with Gasteiger partial charge in [0.1, 0.15) is 5.75 Å². The number of benzene rings is 2. The smallest absolute Gasteiger partial charge is 0.314 e. The van der Waals surface area contributed by atoms with E-state index in [1.807, 2.05) is 38.1 Å². The van der Waals surface area contributed by atoms with Gasteiger partial charge in [0.05, 0.1) is 20.1 Å². The predicted molar refractivity (Wildman–Crippen MR) is 84.7 cm³/mol. The Bertz CT molecular complexity index is 649. The van der Waals surface area contributed by atoms with Crippen molar-refractivity contribution < 1.29 is 19.0 Å². The van der Waals surface area contributed by atoms with Crippen LogP contribution in [0, 0.1) is 13.8 Å². The highest BCUT2D eigenvalue weighted by Crippen LogP contribution is 2.26. The molecule has 0 spiro atoms. The molecule has 0 atom stereocenters. The van der Waals surface area contributed by atoms with Crippen molar-refractivity contribution in [3.63, 3.8) is 0 Å². The van der Waals surface area contributed by atoms with Crippen molar-refractivity contribution in [1.29, 1.82) is 0 Å². The summed E-state index contributed by atoms with van der Waals surface area (Å²) in [5.41, 5.74) is 2.17. The molecule has 2 rings (SSSR count). The fourth-order valence-electron chi connectivity index (χ4n) is 1.98. The van der Waals surface area contributed by atoms with Gasteiger partial charge in [-0.1, -0.05) is 24.3 Å². The van der Waals surface area contributed by atoms with E-state index in [0.29, 0.717) is 11.5 Å². The van der Waals surface area contributed by atoms with Gasteiger partial charge in [0, 0.05) is 0 Å². The number of hydrogen-bond acceptors (Lipinski definition) is 4. The van der Waals surface area contributed by atoms with E-state index in [1.54, 1.807) is 18.2 Å². The lowest BCUT2D eigenvalue weighted by atomic mass is 10.1. The molecule has 0 N–H and O–H groups in total. The highest BCUT2D eigenvalue weighted by Gasteiger charge is 2.10. The minimum Gasteiger partial charge on any atom is -0.493 e. The normalized spacial score (nSPS) is 10.1. The van der Waals surface area contributed by atoms with Crippen LogP contribution in [0.4, 0.5) is 0 Å². The molecule has 0 fully saturated rings. The first-order valence-corrected chi connectivity index (χ1v) is 7.14. The van der Waals surface area contributed by atoms with Crippen molar-refractivity contribution in [2.24, 2.45) is 0 Å². The number of ether oxygens (including phenoxy) is 3. The molecule has 0 saturated carbocycles. The number of rotatable bonds is 6. The van der Waals surface area contributed by atoms with E-state index in [-0.39, 0.29) is 19.0 Å². The largest absolute Gasteiger partial charge is 0.493 e. The lowest BCUT2D eigenvalue weighted by Gasteiger charge is -2.11. The Balaban J connectivity index is 1.87. The fraction of sp³-hybridized carbons (Fsp3) is 0.278. The zero-order valence-corrected chi connectivity index (χ0v) is 13.1. The zero-order chi connectivity index (χ0) is 15.9. The van der Waals surface area contributed by atoms with Crippen molar-refractivity contribution in [2.75, 3.05) is 13.7 Å². The second kappa shape index (κ2) is 7.50. The van der Waals surface area contributed by atoms with E-state index in [1.165, 1.54) is 7.11 Å². The molecule has 2 aromatic rings. The third kappa shape index (κ3) is 4.25. The molecule has 0 heterocycles. The first-order valence-electron chi connectivity index (χ1n) is 7.14. The standard InChI is InChI=1S/C18H20O4/c1-13-8-9-14(2)17(12-13)21-11-10-18(19)22-16-7-5-4-6-15(16)20-3/h4-9,12H,10-11H2,1-3H3. The van der Waals surface area contributed by atoms with Crippen LogP contribution in [0.15, 0.2) is 42.5 Å². The van der Waals surface area contributed by atoms with Gasteiger partial charge in [-0.2, -0.15) is 0 Å². The highest BCUT2D eigenvalue weighted by atomic mass is 16.6. The van der Waals surface area contributed by atoms with E-state index in [9.17, 15) is 4.79 Å². The van der Waals surface area contributed by atoms with Crippen molar-refractivity contribution in [3.05, 3.63) is 53.6 Å².